The number of aryl methyl sites for hydroxylation is 1. The minimum Gasteiger partial charge on any atom is -0.334 e. The Kier molecular flexibility index (Phi) is 5.38. The van der Waals surface area contributed by atoms with Crippen LogP contribution in [-0.2, 0) is 11.2 Å². The Labute approximate surface area is 169 Å². The van der Waals surface area contributed by atoms with E-state index in [0.717, 1.165) is 40.9 Å². The van der Waals surface area contributed by atoms with E-state index < -0.39 is 0 Å². The van der Waals surface area contributed by atoms with Crippen LogP contribution in [0.15, 0.2) is 60.7 Å². The van der Waals surface area contributed by atoms with Crippen LogP contribution in [0.3, 0.4) is 0 Å². The molecule has 1 aliphatic rings. The van der Waals surface area contributed by atoms with Crippen molar-refractivity contribution in [2.45, 2.75) is 32.2 Å². The first-order chi connectivity index (χ1) is 14.0. The van der Waals surface area contributed by atoms with Crippen LogP contribution in [0.1, 0.15) is 35.8 Å². The minimum atomic E-state index is -0.308. The summed E-state index contributed by atoms with van der Waals surface area (Å²) in [6.45, 7) is 2.61. The fourth-order valence-corrected chi connectivity index (χ4v) is 3.93. The molecule has 0 aliphatic carbocycles. The van der Waals surface area contributed by atoms with Crippen molar-refractivity contribution in [2.75, 3.05) is 6.54 Å². The fraction of sp³-hybridized carbons (Fsp3) is 0.250. The predicted molar refractivity (Wildman–Crippen MR) is 108 cm³/mol. The summed E-state index contributed by atoms with van der Waals surface area (Å²) in [6, 6.07) is 16.3. The van der Waals surface area contributed by atoms with Gasteiger partial charge in [0.15, 0.2) is 0 Å². The highest BCUT2D eigenvalue weighted by atomic mass is 19.1. The predicted octanol–water partition coefficient (Wildman–Crippen LogP) is 5.24. The molecule has 0 N–H and O–H groups in total. The smallest absolute Gasteiger partial charge is 0.227 e. The fourth-order valence-electron chi connectivity index (χ4n) is 3.93. The lowest BCUT2D eigenvalue weighted by Gasteiger charge is -2.25. The Morgan fingerprint density at radius 3 is 2.34 bits per heavy atom. The summed E-state index contributed by atoms with van der Waals surface area (Å²) in [6.07, 6.45) is 2.02. The number of pyridine rings is 1. The Morgan fingerprint density at radius 1 is 1.00 bits per heavy atom. The van der Waals surface area contributed by atoms with Gasteiger partial charge in [-0.15, -0.1) is 0 Å². The van der Waals surface area contributed by atoms with E-state index in [-0.39, 0.29) is 30.0 Å². The van der Waals surface area contributed by atoms with Crippen molar-refractivity contribution >= 4 is 5.91 Å². The van der Waals surface area contributed by atoms with Crippen LogP contribution in [0.4, 0.5) is 8.78 Å². The zero-order chi connectivity index (χ0) is 20.4. The molecule has 0 spiro atoms. The highest BCUT2D eigenvalue weighted by Crippen LogP contribution is 2.34. The first-order valence-corrected chi connectivity index (χ1v) is 9.78. The van der Waals surface area contributed by atoms with E-state index in [2.05, 4.69) is 0 Å². The van der Waals surface area contributed by atoms with E-state index in [0.29, 0.717) is 6.54 Å². The highest BCUT2D eigenvalue weighted by molar-refractivity contribution is 5.79. The molecule has 2 aromatic carbocycles. The lowest BCUT2D eigenvalue weighted by atomic mass is 10.0. The monoisotopic (exact) mass is 392 g/mol. The highest BCUT2D eigenvalue weighted by Gasteiger charge is 2.31. The molecule has 3 nitrogen and oxygen atoms in total. The Morgan fingerprint density at radius 2 is 1.66 bits per heavy atom. The van der Waals surface area contributed by atoms with Crippen LogP contribution in [-0.4, -0.2) is 22.3 Å². The van der Waals surface area contributed by atoms with Crippen LogP contribution in [0.2, 0.25) is 0 Å². The minimum absolute atomic E-state index is 0.0192. The number of rotatable bonds is 4. The number of nitrogens with zero attached hydrogens (tertiary/aromatic N) is 2. The van der Waals surface area contributed by atoms with Crippen LogP contribution < -0.4 is 0 Å². The maximum Gasteiger partial charge on any atom is 0.227 e. The summed E-state index contributed by atoms with van der Waals surface area (Å²) in [7, 11) is 0. The molecule has 1 saturated heterocycles. The van der Waals surface area contributed by atoms with E-state index in [1.165, 1.54) is 24.3 Å². The van der Waals surface area contributed by atoms with Crippen LogP contribution in [0, 0.1) is 18.6 Å². The molecular formula is C24H22F2N2O. The van der Waals surface area contributed by atoms with Gasteiger partial charge in [-0.05, 0) is 72.9 Å². The summed E-state index contributed by atoms with van der Waals surface area (Å²) in [4.78, 5) is 19.5. The summed E-state index contributed by atoms with van der Waals surface area (Å²) >= 11 is 0. The zero-order valence-electron chi connectivity index (χ0n) is 16.2. The molecule has 1 atom stereocenters. The van der Waals surface area contributed by atoms with Crippen LogP contribution in [0.25, 0.3) is 11.1 Å². The van der Waals surface area contributed by atoms with E-state index in [1.807, 2.05) is 24.0 Å². The SMILES string of the molecule is Cc1cc(-c2ccc(F)cc2)cc(C2CCCN2C(=O)Cc2ccc(F)cc2)n1. The zero-order valence-corrected chi connectivity index (χ0v) is 16.2. The van der Waals surface area contributed by atoms with Crippen molar-refractivity contribution in [1.29, 1.82) is 0 Å². The largest absolute Gasteiger partial charge is 0.334 e. The standard InChI is InChI=1S/C24H22F2N2O/c1-16-13-19(18-6-10-21(26)11-7-18)15-22(27-16)23-3-2-12-28(23)24(29)14-17-4-8-20(25)9-5-17/h4-11,13,15,23H,2-3,12,14H2,1H3. The molecule has 1 amide bonds. The van der Waals surface area contributed by atoms with Crippen LogP contribution >= 0.6 is 0 Å². The number of amides is 1. The Bertz CT molecular complexity index is 1020. The average molecular weight is 392 g/mol. The molecule has 2 heterocycles. The number of benzene rings is 2. The molecule has 148 valence electrons. The quantitative estimate of drug-likeness (QED) is 0.608. The number of hydrogen-bond donors (Lipinski definition) is 0. The molecule has 4 rings (SSSR count). The lowest BCUT2D eigenvalue weighted by molar-refractivity contribution is -0.131. The number of aromatic nitrogens is 1. The average Bonchev–Trinajstić information content (AvgIpc) is 3.20. The summed E-state index contributed by atoms with van der Waals surface area (Å²) < 4.78 is 26.4. The van der Waals surface area contributed by atoms with Crippen molar-refractivity contribution in [3.63, 3.8) is 0 Å². The van der Waals surface area contributed by atoms with Gasteiger partial charge in [0.25, 0.3) is 0 Å². The van der Waals surface area contributed by atoms with E-state index >= 15 is 0 Å². The van der Waals surface area contributed by atoms with E-state index in [4.69, 9.17) is 4.98 Å². The second kappa shape index (κ2) is 8.11. The maximum atomic E-state index is 13.3. The van der Waals surface area contributed by atoms with E-state index in [9.17, 15) is 13.6 Å². The molecule has 1 aliphatic heterocycles. The second-order valence-corrected chi connectivity index (χ2v) is 7.48. The first kappa shape index (κ1) is 19.2. The van der Waals surface area contributed by atoms with Crippen LogP contribution in [0.5, 0.6) is 0 Å². The van der Waals surface area contributed by atoms with Crippen molar-refractivity contribution in [3.05, 3.63) is 89.2 Å². The number of carbonyl (C=O) groups excluding carboxylic acids is 1. The number of halogens is 2. The third-order valence-corrected chi connectivity index (χ3v) is 5.33. The molecule has 1 unspecified atom stereocenters. The molecule has 5 heteroatoms. The van der Waals surface area contributed by atoms with Gasteiger partial charge in [0.2, 0.25) is 5.91 Å². The molecule has 29 heavy (non-hydrogen) atoms. The van der Waals surface area contributed by atoms with Crippen molar-refractivity contribution in [1.82, 2.24) is 9.88 Å². The molecular weight excluding hydrogens is 370 g/mol. The molecule has 1 fully saturated rings. The summed E-state index contributed by atoms with van der Waals surface area (Å²) in [5.74, 6) is -0.559. The number of carbonyl (C=O) groups is 1. The molecule has 0 radical (unpaired) electrons. The lowest BCUT2D eigenvalue weighted by Crippen LogP contribution is -2.32. The third kappa shape index (κ3) is 4.34. The normalized spacial score (nSPS) is 16.2. The van der Waals surface area contributed by atoms with E-state index in [1.54, 1.807) is 24.3 Å². The topological polar surface area (TPSA) is 33.2 Å². The number of hydrogen-bond acceptors (Lipinski definition) is 2. The van der Waals surface area contributed by atoms with Crippen molar-refractivity contribution in [2.24, 2.45) is 0 Å². The summed E-state index contributed by atoms with van der Waals surface area (Å²) in [5.41, 5.74) is 4.39. The molecule has 0 saturated carbocycles. The first-order valence-electron chi connectivity index (χ1n) is 9.78. The second-order valence-electron chi connectivity index (χ2n) is 7.48. The molecule has 3 aromatic rings. The van der Waals surface area contributed by atoms with Crippen molar-refractivity contribution in [3.8, 4) is 11.1 Å². The van der Waals surface area contributed by atoms with Gasteiger partial charge in [-0.2, -0.15) is 0 Å². The third-order valence-electron chi connectivity index (χ3n) is 5.33. The van der Waals surface area contributed by atoms with Gasteiger partial charge < -0.3 is 4.90 Å². The maximum absolute atomic E-state index is 13.3. The molecule has 0 bridgehead atoms. The van der Waals surface area contributed by atoms with Crippen molar-refractivity contribution < 1.29 is 13.6 Å². The van der Waals surface area contributed by atoms with Gasteiger partial charge >= 0.3 is 0 Å². The van der Waals surface area contributed by atoms with Gasteiger partial charge in [-0.25, -0.2) is 8.78 Å². The van der Waals surface area contributed by atoms with Gasteiger partial charge in [-0.1, -0.05) is 24.3 Å². The van der Waals surface area contributed by atoms with Gasteiger partial charge in [0, 0.05) is 12.2 Å². The van der Waals surface area contributed by atoms with Gasteiger partial charge in [0.05, 0.1) is 18.2 Å². The Hall–Kier alpha value is -3.08. The number of likely N-dealkylation sites (tertiary alicyclic amines) is 1. The van der Waals surface area contributed by atoms with Gasteiger partial charge in [-0.3, -0.25) is 9.78 Å². The Balaban J connectivity index is 1.58. The molecule has 1 aromatic heterocycles. The summed E-state index contributed by atoms with van der Waals surface area (Å²) in [5, 5.41) is 0. The van der Waals surface area contributed by atoms with Gasteiger partial charge in [0.1, 0.15) is 11.6 Å².